The van der Waals surface area contributed by atoms with Gasteiger partial charge in [-0.1, -0.05) is 18.2 Å². The molecule has 0 aliphatic carbocycles. The molecule has 3 rings (SSSR count). The van der Waals surface area contributed by atoms with Crippen LogP contribution in [0.1, 0.15) is 16.2 Å². The summed E-state index contributed by atoms with van der Waals surface area (Å²) in [6.45, 7) is 0.418. The number of rotatable bonds is 3. The Bertz CT molecular complexity index is 726. The lowest BCUT2D eigenvalue weighted by atomic mass is 10.1. The topological polar surface area (TPSA) is 62.7 Å². The van der Waals surface area contributed by atoms with Crippen molar-refractivity contribution in [1.29, 1.82) is 0 Å². The lowest BCUT2D eigenvalue weighted by Gasteiger charge is -2.04. The average Bonchev–Trinajstić information content (AvgIpc) is 3.02. The van der Waals surface area contributed by atoms with Crippen LogP contribution in [0.3, 0.4) is 0 Å². The average molecular weight is 254 g/mol. The molecule has 0 saturated heterocycles. The number of aromatic amines is 1. The minimum atomic E-state index is -0.0968. The molecule has 2 N–H and O–H groups in total. The second-order valence-electron chi connectivity index (χ2n) is 4.38. The number of nitrogens with zero attached hydrogens (tertiary/aromatic N) is 2. The number of amides is 1. The fourth-order valence-electron chi connectivity index (χ4n) is 2.08. The van der Waals surface area contributed by atoms with E-state index in [1.165, 1.54) is 0 Å². The van der Waals surface area contributed by atoms with E-state index in [0.29, 0.717) is 12.1 Å². The van der Waals surface area contributed by atoms with E-state index in [9.17, 15) is 4.79 Å². The minimum Gasteiger partial charge on any atom is -0.360 e. The summed E-state index contributed by atoms with van der Waals surface area (Å²) in [5.41, 5.74) is 1.62. The van der Waals surface area contributed by atoms with Crippen LogP contribution >= 0.6 is 0 Å². The molecule has 96 valence electrons. The number of hydrogen-bond donors (Lipinski definition) is 2. The number of para-hydroxylation sites is 1. The molecule has 0 atom stereocenters. The highest BCUT2D eigenvalue weighted by atomic mass is 16.1. The van der Waals surface area contributed by atoms with Crippen molar-refractivity contribution >= 4 is 16.8 Å². The minimum absolute atomic E-state index is 0.0968. The fraction of sp³-hybridized carbons (Fsp3) is 0.143. The van der Waals surface area contributed by atoms with E-state index in [0.717, 1.165) is 16.7 Å². The number of aromatic nitrogens is 3. The molecule has 0 aliphatic heterocycles. The number of fused-ring (bicyclic) bond motifs is 1. The predicted octanol–water partition coefficient (Wildman–Crippen LogP) is 1.83. The van der Waals surface area contributed by atoms with E-state index in [1.54, 1.807) is 12.4 Å². The number of imidazole rings is 1. The van der Waals surface area contributed by atoms with Crippen LogP contribution in [-0.4, -0.2) is 20.4 Å². The summed E-state index contributed by atoms with van der Waals surface area (Å²) >= 11 is 0. The maximum absolute atomic E-state index is 12.2. The van der Waals surface area contributed by atoms with E-state index in [-0.39, 0.29) is 5.91 Å². The van der Waals surface area contributed by atoms with E-state index < -0.39 is 0 Å². The maximum atomic E-state index is 12.2. The molecule has 0 spiro atoms. The maximum Gasteiger partial charge on any atom is 0.253 e. The highest BCUT2D eigenvalue weighted by Crippen LogP contribution is 2.17. The molecule has 5 heteroatoms. The third-order valence-corrected chi connectivity index (χ3v) is 3.16. The molecule has 5 nitrogen and oxygen atoms in total. The van der Waals surface area contributed by atoms with Crippen LogP contribution in [0.25, 0.3) is 10.9 Å². The first-order valence-corrected chi connectivity index (χ1v) is 6.06. The Labute approximate surface area is 110 Å². The van der Waals surface area contributed by atoms with Crippen LogP contribution in [0.4, 0.5) is 0 Å². The van der Waals surface area contributed by atoms with Crippen molar-refractivity contribution in [3.63, 3.8) is 0 Å². The number of carbonyl (C=O) groups excluding carboxylic acids is 1. The summed E-state index contributed by atoms with van der Waals surface area (Å²) in [6, 6.07) is 7.74. The highest BCUT2D eigenvalue weighted by molar-refractivity contribution is 6.06. The zero-order valence-electron chi connectivity index (χ0n) is 10.6. The molecule has 0 unspecified atom stereocenters. The Kier molecular flexibility index (Phi) is 2.79. The summed E-state index contributed by atoms with van der Waals surface area (Å²) < 4.78 is 1.88. The molecule has 1 amide bonds. The summed E-state index contributed by atoms with van der Waals surface area (Å²) in [5.74, 6) is 0.730. The van der Waals surface area contributed by atoms with Gasteiger partial charge in [-0.2, -0.15) is 0 Å². The van der Waals surface area contributed by atoms with Gasteiger partial charge in [-0.15, -0.1) is 0 Å². The first kappa shape index (κ1) is 11.5. The van der Waals surface area contributed by atoms with Crippen molar-refractivity contribution in [2.24, 2.45) is 7.05 Å². The van der Waals surface area contributed by atoms with E-state index in [4.69, 9.17) is 0 Å². The Balaban J connectivity index is 1.79. The molecule has 2 heterocycles. The quantitative estimate of drug-likeness (QED) is 0.749. The number of aryl methyl sites for hydroxylation is 1. The second kappa shape index (κ2) is 4.61. The monoisotopic (exact) mass is 254 g/mol. The Morgan fingerprint density at radius 3 is 3.05 bits per heavy atom. The fourth-order valence-corrected chi connectivity index (χ4v) is 2.08. The van der Waals surface area contributed by atoms with Gasteiger partial charge in [-0.25, -0.2) is 4.98 Å². The highest BCUT2D eigenvalue weighted by Gasteiger charge is 2.11. The summed E-state index contributed by atoms with van der Waals surface area (Å²) in [7, 11) is 1.90. The number of nitrogens with one attached hydrogen (secondary N) is 2. The Morgan fingerprint density at radius 2 is 2.26 bits per heavy atom. The van der Waals surface area contributed by atoms with E-state index in [1.807, 2.05) is 42.1 Å². The number of benzene rings is 1. The Hall–Kier alpha value is -2.56. The first-order chi connectivity index (χ1) is 9.25. The van der Waals surface area contributed by atoms with Crippen molar-refractivity contribution < 1.29 is 4.79 Å². The lowest BCUT2D eigenvalue weighted by Crippen LogP contribution is -2.24. The molecule has 0 saturated carbocycles. The van der Waals surface area contributed by atoms with E-state index in [2.05, 4.69) is 15.3 Å². The number of hydrogen-bond acceptors (Lipinski definition) is 2. The summed E-state index contributed by atoms with van der Waals surface area (Å²) in [5, 5.41) is 3.81. The van der Waals surface area contributed by atoms with Gasteiger partial charge in [0, 0.05) is 36.5 Å². The molecule has 1 aromatic carbocycles. The van der Waals surface area contributed by atoms with Crippen LogP contribution < -0.4 is 5.32 Å². The standard InChI is InChI=1S/C14H14N4O/c1-18-7-6-15-13(18)9-17-14(19)11-8-16-12-5-3-2-4-10(11)12/h2-8,16H,9H2,1H3,(H,17,19). The Morgan fingerprint density at radius 1 is 1.42 bits per heavy atom. The lowest BCUT2D eigenvalue weighted by molar-refractivity contribution is 0.0951. The molecule has 0 radical (unpaired) electrons. The van der Waals surface area contributed by atoms with Crippen LogP contribution in [0.5, 0.6) is 0 Å². The zero-order valence-corrected chi connectivity index (χ0v) is 10.6. The molecule has 3 aromatic rings. The van der Waals surface area contributed by atoms with Gasteiger partial charge in [0.1, 0.15) is 5.82 Å². The number of H-pyrrole nitrogens is 1. The van der Waals surface area contributed by atoms with Crippen LogP contribution in [-0.2, 0) is 13.6 Å². The third kappa shape index (κ3) is 2.10. The van der Waals surface area contributed by atoms with Crippen molar-refractivity contribution in [3.8, 4) is 0 Å². The summed E-state index contributed by atoms with van der Waals surface area (Å²) in [6.07, 6.45) is 5.30. The molecule has 0 fully saturated rings. The van der Waals surface area contributed by atoms with Gasteiger partial charge in [-0.3, -0.25) is 4.79 Å². The van der Waals surface area contributed by atoms with Gasteiger partial charge < -0.3 is 14.9 Å². The molecular weight excluding hydrogens is 240 g/mol. The predicted molar refractivity (Wildman–Crippen MR) is 72.7 cm³/mol. The van der Waals surface area contributed by atoms with Gasteiger partial charge >= 0.3 is 0 Å². The van der Waals surface area contributed by atoms with Gasteiger partial charge in [0.05, 0.1) is 12.1 Å². The summed E-state index contributed by atoms with van der Waals surface area (Å²) in [4.78, 5) is 19.4. The van der Waals surface area contributed by atoms with Crippen molar-refractivity contribution in [2.75, 3.05) is 0 Å². The zero-order chi connectivity index (χ0) is 13.2. The molecule has 0 aliphatic rings. The van der Waals surface area contributed by atoms with E-state index >= 15 is 0 Å². The molecular formula is C14H14N4O. The van der Waals surface area contributed by atoms with Crippen molar-refractivity contribution in [1.82, 2.24) is 19.9 Å². The second-order valence-corrected chi connectivity index (χ2v) is 4.38. The van der Waals surface area contributed by atoms with Crippen LogP contribution in [0, 0.1) is 0 Å². The smallest absolute Gasteiger partial charge is 0.253 e. The van der Waals surface area contributed by atoms with Gasteiger partial charge in [0.25, 0.3) is 5.91 Å². The SMILES string of the molecule is Cn1ccnc1CNC(=O)c1c[nH]c2ccccc12. The van der Waals surface area contributed by atoms with Gasteiger partial charge in [-0.05, 0) is 6.07 Å². The van der Waals surface area contributed by atoms with Crippen molar-refractivity contribution in [2.45, 2.75) is 6.54 Å². The molecule has 2 aromatic heterocycles. The largest absolute Gasteiger partial charge is 0.360 e. The first-order valence-electron chi connectivity index (χ1n) is 6.06. The van der Waals surface area contributed by atoms with Crippen molar-refractivity contribution in [3.05, 3.63) is 54.2 Å². The normalized spacial score (nSPS) is 10.8. The molecule has 19 heavy (non-hydrogen) atoms. The van der Waals surface area contributed by atoms with Crippen LogP contribution in [0.15, 0.2) is 42.9 Å². The van der Waals surface area contributed by atoms with Gasteiger partial charge in [0.2, 0.25) is 0 Å². The van der Waals surface area contributed by atoms with Crippen LogP contribution in [0.2, 0.25) is 0 Å². The number of carbonyl (C=O) groups is 1. The van der Waals surface area contributed by atoms with Gasteiger partial charge in [0.15, 0.2) is 0 Å². The molecule has 0 bridgehead atoms. The third-order valence-electron chi connectivity index (χ3n) is 3.16.